The van der Waals surface area contributed by atoms with Crippen LogP contribution in [0.2, 0.25) is 0 Å². The summed E-state index contributed by atoms with van der Waals surface area (Å²) in [5.41, 5.74) is 6.65. The molecule has 4 bridgehead atoms. The number of benzene rings is 3. The van der Waals surface area contributed by atoms with Gasteiger partial charge in [0.05, 0.1) is 6.61 Å². The molecule has 0 saturated carbocycles. The first-order chi connectivity index (χ1) is 17.6. The van der Waals surface area contributed by atoms with Crippen LogP contribution in [0.15, 0.2) is 65.1 Å². The second kappa shape index (κ2) is 14.0. The predicted molar refractivity (Wildman–Crippen MR) is 159 cm³/mol. The maximum absolute atomic E-state index is 12.6. The van der Waals surface area contributed by atoms with Crippen molar-refractivity contribution in [2.45, 2.75) is 55.6 Å². The number of ether oxygens (including phenoxy) is 1. The van der Waals surface area contributed by atoms with Crippen LogP contribution >= 0.6 is 39.5 Å². The maximum atomic E-state index is 12.6. The van der Waals surface area contributed by atoms with E-state index in [4.69, 9.17) is 4.74 Å². The van der Waals surface area contributed by atoms with Crippen molar-refractivity contribution in [2.24, 2.45) is 0 Å². The van der Waals surface area contributed by atoms with Gasteiger partial charge >= 0.3 is 6.03 Å². The van der Waals surface area contributed by atoms with E-state index in [1.807, 2.05) is 47.8 Å². The summed E-state index contributed by atoms with van der Waals surface area (Å²) < 4.78 is 7.09. The number of hydrogen-bond acceptors (Lipinski definition) is 4. The average Bonchev–Trinajstić information content (AvgIpc) is 2.85. The number of anilines is 2. The predicted octanol–water partition coefficient (Wildman–Crippen LogP) is 9.23. The van der Waals surface area contributed by atoms with Crippen LogP contribution in [0.4, 0.5) is 16.2 Å². The number of fused-ring (bicyclic) bond motifs is 4. The third-order valence-corrected chi connectivity index (χ3v) is 8.46. The topological polar surface area (TPSA) is 50.4 Å². The van der Waals surface area contributed by atoms with Crippen LogP contribution in [-0.2, 0) is 23.0 Å². The molecule has 0 aliphatic carbocycles. The number of rotatable bonds is 8. The Morgan fingerprint density at radius 2 is 1.33 bits per heavy atom. The van der Waals surface area contributed by atoms with Gasteiger partial charge in [-0.05, 0) is 77.2 Å². The molecule has 1 aliphatic rings. The first-order valence-corrected chi connectivity index (χ1v) is 15.5. The summed E-state index contributed by atoms with van der Waals surface area (Å²) >= 11 is 7.20. The minimum absolute atomic E-state index is 0.237. The normalized spacial score (nSPS) is 13.3. The molecule has 3 aromatic carbocycles. The second-order valence-corrected chi connectivity index (χ2v) is 11.9. The third kappa shape index (κ3) is 8.79. The Kier molecular flexibility index (Phi) is 10.5. The Hall–Kier alpha value is -2.09. The largest absolute Gasteiger partial charge is 0.494 e. The number of thioether (sulfide) groups is 2. The van der Waals surface area contributed by atoms with Crippen LogP contribution in [0.25, 0.3) is 0 Å². The molecule has 0 radical (unpaired) electrons. The molecule has 190 valence electrons. The van der Waals surface area contributed by atoms with Crippen molar-refractivity contribution in [1.29, 1.82) is 0 Å². The van der Waals surface area contributed by atoms with E-state index in [2.05, 4.69) is 69.9 Å². The second-order valence-electron chi connectivity index (χ2n) is 9.00. The SMILES string of the molecule is CCCCCCOc1cc2cc(c1)CSCc1cc(cc(NC(=O)Nc3ccc(Br)cc3)c1)CSC2. The van der Waals surface area contributed by atoms with E-state index in [-0.39, 0.29) is 6.03 Å². The first-order valence-electron chi connectivity index (χ1n) is 12.4. The summed E-state index contributed by atoms with van der Waals surface area (Å²) in [6.45, 7) is 3.02. The minimum Gasteiger partial charge on any atom is -0.494 e. The zero-order chi connectivity index (χ0) is 25.2. The third-order valence-electron chi connectivity index (χ3n) is 5.78. The minimum atomic E-state index is -0.237. The van der Waals surface area contributed by atoms with E-state index in [9.17, 15) is 4.79 Å². The molecule has 1 aliphatic heterocycles. The van der Waals surface area contributed by atoms with E-state index in [1.165, 1.54) is 41.5 Å². The zero-order valence-corrected chi connectivity index (χ0v) is 23.9. The van der Waals surface area contributed by atoms with Crippen LogP contribution in [0, 0.1) is 0 Å². The van der Waals surface area contributed by atoms with E-state index < -0.39 is 0 Å². The lowest BCUT2D eigenvalue weighted by Gasteiger charge is -2.15. The van der Waals surface area contributed by atoms with Gasteiger partial charge in [-0.1, -0.05) is 54.2 Å². The van der Waals surface area contributed by atoms with Crippen molar-refractivity contribution >= 4 is 56.9 Å². The molecule has 1 heterocycles. The van der Waals surface area contributed by atoms with Gasteiger partial charge in [-0.25, -0.2) is 4.79 Å². The molecule has 7 heteroatoms. The van der Waals surface area contributed by atoms with E-state index in [0.717, 1.165) is 57.6 Å². The van der Waals surface area contributed by atoms with E-state index in [0.29, 0.717) is 0 Å². The highest BCUT2D eigenvalue weighted by Gasteiger charge is 2.10. The standard InChI is InChI=1S/C29H33BrN2O2S2/c1-2-3-4-5-10-34-28-15-23-12-24(16-28)20-36-18-22-11-21(17-35-19-23)13-27(14-22)32-29(33)31-26-8-6-25(30)7-9-26/h6-9,11-16H,2-5,10,17-20H2,1H3,(H2,31,32,33). The number of unbranched alkanes of at least 4 members (excludes halogenated alkanes) is 3. The first kappa shape index (κ1) is 27.0. The van der Waals surface area contributed by atoms with Crippen molar-refractivity contribution in [2.75, 3.05) is 17.2 Å². The van der Waals surface area contributed by atoms with Gasteiger partial charge < -0.3 is 15.4 Å². The smallest absolute Gasteiger partial charge is 0.323 e. The molecule has 0 fully saturated rings. The number of hydrogen-bond donors (Lipinski definition) is 2. The molecule has 2 amide bonds. The van der Waals surface area contributed by atoms with E-state index in [1.54, 1.807) is 0 Å². The number of halogens is 1. The van der Waals surface area contributed by atoms with Crippen LogP contribution in [0.1, 0.15) is 54.9 Å². The molecule has 0 unspecified atom stereocenters. The maximum Gasteiger partial charge on any atom is 0.323 e. The molecule has 0 spiro atoms. The van der Waals surface area contributed by atoms with Crippen LogP contribution in [-0.4, -0.2) is 12.6 Å². The number of nitrogens with one attached hydrogen (secondary N) is 2. The lowest BCUT2D eigenvalue weighted by atomic mass is 10.1. The van der Waals surface area contributed by atoms with E-state index >= 15 is 0 Å². The summed E-state index contributed by atoms with van der Waals surface area (Å²) in [5, 5.41) is 5.92. The Labute approximate surface area is 231 Å². The van der Waals surface area contributed by atoms with Gasteiger partial charge in [-0.3, -0.25) is 0 Å². The molecule has 0 atom stereocenters. The van der Waals surface area contributed by atoms with Gasteiger partial charge in [-0.2, -0.15) is 23.5 Å². The van der Waals surface area contributed by atoms with Crippen molar-refractivity contribution in [3.63, 3.8) is 0 Å². The zero-order valence-electron chi connectivity index (χ0n) is 20.6. The Morgan fingerprint density at radius 3 is 1.92 bits per heavy atom. The highest BCUT2D eigenvalue weighted by atomic mass is 79.9. The van der Waals surface area contributed by atoms with Gasteiger partial charge in [0, 0.05) is 38.9 Å². The quantitative estimate of drug-likeness (QED) is 0.259. The van der Waals surface area contributed by atoms with Gasteiger partial charge in [0.25, 0.3) is 0 Å². The highest BCUT2D eigenvalue weighted by Crippen LogP contribution is 2.30. The molecule has 4 nitrogen and oxygen atoms in total. The molecular formula is C29H33BrN2O2S2. The molecule has 0 saturated heterocycles. The summed E-state index contributed by atoms with van der Waals surface area (Å²) in [5.74, 6) is 4.64. The highest BCUT2D eigenvalue weighted by molar-refractivity contribution is 9.10. The lowest BCUT2D eigenvalue weighted by molar-refractivity contribution is 0.262. The van der Waals surface area contributed by atoms with Crippen molar-refractivity contribution in [3.8, 4) is 5.75 Å². The number of carbonyl (C=O) groups excluding carboxylic acids is 1. The van der Waals surface area contributed by atoms with Gasteiger partial charge in [0.2, 0.25) is 0 Å². The molecule has 3 aromatic rings. The van der Waals surface area contributed by atoms with Crippen molar-refractivity contribution in [3.05, 3.63) is 87.4 Å². The number of carbonyl (C=O) groups is 1. The van der Waals surface area contributed by atoms with Gasteiger partial charge in [0.15, 0.2) is 0 Å². The molecule has 2 N–H and O–H groups in total. The Balaban J connectivity index is 1.39. The molecular weight excluding hydrogens is 552 g/mol. The van der Waals surface area contributed by atoms with Crippen LogP contribution < -0.4 is 15.4 Å². The number of amides is 2. The summed E-state index contributed by atoms with van der Waals surface area (Å²) in [4.78, 5) is 12.6. The van der Waals surface area contributed by atoms with Crippen molar-refractivity contribution in [1.82, 2.24) is 0 Å². The number of urea groups is 1. The summed E-state index contributed by atoms with van der Waals surface area (Å²) in [7, 11) is 0. The fraction of sp³-hybridized carbons (Fsp3) is 0.345. The molecule has 4 rings (SSSR count). The van der Waals surface area contributed by atoms with Gasteiger partial charge in [-0.15, -0.1) is 0 Å². The summed E-state index contributed by atoms with van der Waals surface area (Å²) in [6.07, 6.45) is 4.86. The molecule has 36 heavy (non-hydrogen) atoms. The average molecular weight is 586 g/mol. The van der Waals surface area contributed by atoms with Crippen LogP contribution in [0.5, 0.6) is 5.75 Å². The van der Waals surface area contributed by atoms with Crippen molar-refractivity contribution < 1.29 is 9.53 Å². The Bertz CT molecular complexity index is 1110. The summed E-state index contributed by atoms with van der Waals surface area (Å²) in [6, 6.07) is 20.5. The fourth-order valence-corrected chi connectivity index (χ4v) is 6.18. The Morgan fingerprint density at radius 1 is 0.778 bits per heavy atom. The van der Waals surface area contributed by atoms with Crippen LogP contribution in [0.3, 0.4) is 0 Å². The molecule has 0 aromatic heterocycles. The van der Waals surface area contributed by atoms with Gasteiger partial charge in [0.1, 0.15) is 5.75 Å². The monoisotopic (exact) mass is 584 g/mol. The fourth-order valence-electron chi connectivity index (χ4n) is 4.10. The lowest BCUT2D eigenvalue weighted by Crippen LogP contribution is -2.19.